The van der Waals surface area contributed by atoms with Crippen molar-refractivity contribution >= 4 is 21.7 Å². The molecule has 2 N–H and O–H groups in total. The summed E-state index contributed by atoms with van der Waals surface area (Å²) in [5, 5.41) is 0. The second-order valence-electron chi connectivity index (χ2n) is 3.74. The maximum Gasteiger partial charge on any atom is 0.166 e. The van der Waals surface area contributed by atoms with Crippen molar-refractivity contribution in [3.8, 4) is 0 Å². The summed E-state index contributed by atoms with van der Waals surface area (Å²) in [5.41, 5.74) is 5.66. The van der Waals surface area contributed by atoms with Crippen molar-refractivity contribution < 1.29 is 9.18 Å². The fourth-order valence-electron chi connectivity index (χ4n) is 1.49. The molecule has 0 aliphatic heterocycles. The van der Waals surface area contributed by atoms with E-state index in [9.17, 15) is 9.18 Å². The van der Waals surface area contributed by atoms with Gasteiger partial charge in [0.1, 0.15) is 5.82 Å². The summed E-state index contributed by atoms with van der Waals surface area (Å²) >= 11 is 3.06. The first-order valence-corrected chi connectivity index (χ1v) is 6.06. The number of benzene rings is 1. The molecule has 1 aromatic carbocycles. The van der Waals surface area contributed by atoms with Crippen molar-refractivity contribution in [2.75, 3.05) is 6.54 Å². The number of hydrogen-bond acceptors (Lipinski definition) is 2. The van der Waals surface area contributed by atoms with Crippen LogP contribution in [0.1, 0.15) is 30.1 Å². The maximum atomic E-state index is 13.6. The Labute approximate surface area is 103 Å². The second-order valence-corrected chi connectivity index (χ2v) is 4.59. The molecule has 16 heavy (non-hydrogen) atoms. The third-order valence-corrected chi connectivity index (χ3v) is 3.25. The van der Waals surface area contributed by atoms with Gasteiger partial charge < -0.3 is 5.73 Å². The van der Waals surface area contributed by atoms with Gasteiger partial charge >= 0.3 is 0 Å². The van der Waals surface area contributed by atoms with E-state index in [-0.39, 0.29) is 17.3 Å². The van der Waals surface area contributed by atoms with E-state index in [1.807, 2.05) is 6.92 Å². The number of rotatable bonds is 5. The molecular weight excluding hydrogens is 273 g/mol. The maximum absolute atomic E-state index is 13.6. The third kappa shape index (κ3) is 3.12. The molecule has 0 aliphatic rings. The van der Waals surface area contributed by atoms with Gasteiger partial charge in [-0.1, -0.05) is 19.4 Å². The standard InChI is InChI=1S/C12H15BrFNO/c1-2-8(7-15)6-11(16)9-4-3-5-10(13)12(9)14/h3-5,8H,2,6-7,15H2,1H3. The smallest absolute Gasteiger partial charge is 0.166 e. The number of carbonyl (C=O) groups excluding carboxylic acids is 1. The Bertz CT molecular complexity index is 377. The SMILES string of the molecule is CCC(CN)CC(=O)c1cccc(Br)c1F. The van der Waals surface area contributed by atoms with Crippen LogP contribution in [-0.2, 0) is 0 Å². The first-order valence-electron chi connectivity index (χ1n) is 5.27. The molecule has 0 aliphatic carbocycles. The van der Waals surface area contributed by atoms with Crippen molar-refractivity contribution in [3.63, 3.8) is 0 Å². The van der Waals surface area contributed by atoms with Gasteiger partial charge in [-0.2, -0.15) is 0 Å². The third-order valence-electron chi connectivity index (χ3n) is 2.64. The fourth-order valence-corrected chi connectivity index (χ4v) is 1.85. The first kappa shape index (κ1) is 13.3. The average molecular weight is 288 g/mol. The number of nitrogens with two attached hydrogens (primary N) is 1. The molecule has 1 aromatic rings. The molecule has 0 saturated carbocycles. The van der Waals surface area contributed by atoms with Crippen LogP contribution in [0.25, 0.3) is 0 Å². The van der Waals surface area contributed by atoms with Crippen molar-refractivity contribution in [3.05, 3.63) is 34.1 Å². The molecule has 88 valence electrons. The molecule has 0 saturated heterocycles. The van der Waals surface area contributed by atoms with E-state index in [0.717, 1.165) is 6.42 Å². The highest BCUT2D eigenvalue weighted by atomic mass is 79.9. The average Bonchev–Trinajstić information content (AvgIpc) is 2.29. The van der Waals surface area contributed by atoms with Crippen LogP contribution in [-0.4, -0.2) is 12.3 Å². The van der Waals surface area contributed by atoms with E-state index < -0.39 is 5.82 Å². The predicted octanol–water partition coefficient (Wildman–Crippen LogP) is 3.15. The van der Waals surface area contributed by atoms with Gasteiger partial charge in [0.15, 0.2) is 5.78 Å². The van der Waals surface area contributed by atoms with Crippen LogP contribution in [0.15, 0.2) is 22.7 Å². The molecule has 1 unspecified atom stereocenters. The first-order chi connectivity index (χ1) is 7.60. The minimum Gasteiger partial charge on any atom is -0.330 e. The highest BCUT2D eigenvalue weighted by molar-refractivity contribution is 9.10. The summed E-state index contributed by atoms with van der Waals surface area (Å²) in [6, 6.07) is 4.74. The Morgan fingerprint density at radius 1 is 1.56 bits per heavy atom. The summed E-state index contributed by atoms with van der Waals surface area (Å²) < 4.78 is 13.9. The Morgan fingerprint density at radius 3 is 2.81 bits per heavy atom. The number of hydrogen-bond donors (Lipinski definition) is 1. The quantitative estimate of drug-likeness (QED) is 0.846. The molecule has 0 aromatic heterocycles. The second kappa shape index (κ2) is 6.11. The van der Waals surface area contributed by atoms with E-state index >= 15 is 0 Å². The minimum atomic E-state index is -0.487. The summed E-state index contributed by atoms with van der Waals surface area (Å²) in [6.45, 7) is 2.43. The molecule has 0 heterocycles. The minimum absolute atomic E-state index is 0.130. The number of carbonyl (C=O) groups is 1. The molecular formula is C12H15BrFNO. The van der Waals surface area contributed by atoms with Crippen LogP contribution in [0.2, 0.25) is 0 Å². The summed E-state index contributed by atoms with van der Waals surface area (Å²) in [6.07, 6.45) is 1.14. The van der Waals surface area contributed by atoms with Crippen molar-refractivity contribution in [2.24, 2.45) is 11.7 Å². The lowest BCUT2D eigenvalue weighted by atomic mass is 9.96. The zero-order valence-electron chi connectivity index (χ0n) is 9.17. The van der Waals surface area contributed by atoms with Gasteiger partial charge in [-0.15, -0.1) is 0 Å². The number of ketones is 1. The van der Waals surface area contributed by atoms with Crippen molar-refractivity contribution in [1.29, 1.82) is 0 Å². The van der Waals surface area contributed by atoms with Crippen molar-refractivity contribution in [1.82, 2.24) is 0 Å². The van der Waals surface area contributed by atoms with Crippen LogP contribution in [0.5, 0.6) is 0 Å². The van der Waals surface area contributed by atoms with Crippen LogP contribution < -0.4 is 5.73 Å². The monoisotopic (exact) mass is 287 g/mol. The molecule has 1 rings (SSSR count). The zero-order valence-corrected chi connectivity index (χ0v) is 10.8. The van der Waals surface area contributed by atoms with Gasteiger partial charge in [0, 0.05) is 6.42 Å². The van der Waals surface area contributed by atoms with Crippen LogP contribution >= 0.6 is 15.9 Å². The van der Waals surface area contributed by atoms with Crippen molar-refractivity contribution in [2.45, 2.75) is 19.8 Å². The van der Waals surface area contributed by atoms with E-state index in [1.54, 1.807) is 12.1 Å². The largest absolute Gasteiger partial charge is 0.330 e. The lowest BCUT2D eigenvalue weighted by Gasteiger charge is -2.11. The number of Topliss-reactive ketones (excluding diaryl/α,β-unsaturated/α-hetero) is 1. The van der Waals surface area contributed by atoms with Gasteiger partial charge in [-0.05, 0) is 40.5 Å². The molecule has 1 atom stereocenters. The molecule has 0 fully saturated rings. The van der Waals surface area contributed by atoms with Crippen LogP contribution in [0.4, 0.5) is 4.39 Å². The van der Waals surface area contributed by atoms with Crippen LogP contribution in [0, 0.1) is 11.7 Å². The highest BCUT2D eigenvalue weighted by Crippen LogP contribution is 2.21. The molecule has 2 nitrogen and oxygen atoms in total. The summed E-state index contributed by atoms with van der Waals surface area (Å²) in [7, 11) is 0. The highest BCUT2D eigenvalue weighted by Gasteiger charge is 2.17. The Balaban J connectivity index is 2.84. The fraction of sp³-hybridized carbons (Fsp3) is 0.417. The van der Waals surface area contributed by atoms with Gasteiger partial charge in [0.2, 0.25) is 0 Å². The summed E-state index contributed by atoms with van der Waals surface area (Å²) in [5.74, 6) is -0.540. The lowest BCUT2D eigenvalue weighted by Crippen LogP contribution is -2.18. The number of halogens is 2. The normalized spacial score (nSPS) is 12.5. The van der Waals surface area contributed by atoms with E-state index in [0.29, 0.717) is 17.4 Å². The molecule has 0 spiro atoms. The van der Waals surface area contributed by atoms with Gasteiger partial charge in [0.25, 0.3) is 0 Å². The van der Waals surface area contributed by atoms with Gasteiger partial charge in [-0.3, -0.25) is 4.79 Å². The Morgan fingerprint density at radius 2 is 2.25 bits per heavy atom. The van der Waals surface area contributed by atoms with E-state index in [1.165, 1.54) is 6.07 Å². The molecule has 0 bridgehead atoms. The lowest BCUT2D eigenvalue weighted by molar-refractivity contribution is 0.0957. The molecule has 4 heteroatoms. The summed E-state index contributed by atoms with van der Waals surface area (Å²) in [4.78, 5) is 11.8. The topological polar surface area (TPSA) is 43.1 Å². The van der Waals surface area contributed by atoms with E-state index in [4.69, 9.17) is 5.73 Å². The molecule has 0 radical (unpaired) electrons. The zero-order chi connectivity index (χ0) is 12.1. The van der Waals surface area contributed by atoms with E-state index in [2.05, 4.69) is 15.9 Å². The Hall–Kier alpha value is -0.740. The van der Waals surface area contributed by atoms with Crippen LogP contribution in [0.3, 0.4) is 0 Å². The van der Waals surface area contributed by atoms with Gasteiger partial charge in [-0.25, -0.2) is 4.39 Å². The predicted molar refractivity (Wildman–Crippen MR) is 65.9 cm³/mol. The van der Waals surface area contributed by atoms with Gasteiger partial charge in [0.05, 0.1) is 10.0 Å². The molecule has 0 amide bonds. The Kier molecular flexibility index (Phi) is 5.09.